The Morgan fingerprint density at radius 1 is 1.26 bits per heavy atom. The maximum Gasteiger partial charge on any atom is 0.243 e. The minimum atomic E-state index is -0.104. The number of hydrogen-bond acceptors (Lipinski definition) is 6. The van der Waals surface area contributed by atoms with Crippen molar-refractivity contribution >= 4 is 5.91 Å². The van der Waals surface area contributed by atoms with Gasteiger partial charge in [-0.3, -0.25) is 14.6 Å². The summed E-state index contributed by atoms with van der Waals surface area (Å²) < 4.78 is 5.45. The van der Waals surface area contributed by atoms with Gasteiger partial charge in [0.1, 0.15) is 0 Å². The number of carbonyl (C=O) groups is 1. The average molecular weight is 323 g/mol. The molecule has 130 valence electrons. The zero-order valence-corrected chi connectivity index (χ0v) is 15.2. The Morgan fingerprint density at radius 3 is 2.35 bits per heavy atom. The Hall–Kier alpha value is -1.47. The lowest BCUT2D eigenvalue weighted by Crippen LogP contribution is -2.49. The van der Waals surface area contributed by atoms with E-state index >= 15 is 0 Å². The quantitative estimate of drug-likeness (QED) is 0.828. The maximum atomic E-state index is 11.8. The first kappa shape index (κ1) is 17.9. The average Bonchev–Trinajstić information content (AvgIpc) is 2.97. The minimum absolute atomic E-state index is 0.102. The summed E-state index contributed by atoms with van der Waals surface area (Å²) >= 11 is 0. The van der Waals surface area contributed by atoms with E-state index in [4.69, 9.17) is 4.52 Å². The minimum Gasteiger partial charge on any atom is -0.348 e. The van der Waals surface area contributed by atoms with Crippen molar-refractivity contribution < 1.29 is 9.32 Å². The number of hydrogen-bond donors (Lipinski definition) is 0. The topological polar surface area (TPSA) is 65.7 Å². The largest absolute Gasteiger partial charge is 0.348 e. The summed E-state index contributed by atoms with van der Waals surface area (Å²) in [6.07, 6.45) is 0. The number of carbonyl (C=O) groups excluding carboxylic acids is 1. The first-order chi connectivity index (χ1) is 10.7. The van der Waals surface area contributed by atoms with Gasteiger partial charge < -0.3 is 9.42 Å². The lowest BCUT2D eigenvalue weighted by Gasteiger charge is -2.36. The van der Waals surface area contributed by atoms with Gasteiger partial charge >= 0.3 is 0 Å². The number of piperazine rings is 1. The molecule has 0 aromatic carbocycles. The molecule has 1 atom stereocenters. The fraction of sp³-hybridized carbons (Fsp3) is 0.812. The van der Waals surface area contributed by atoms with Crippen LogP contribution >= 0.6 is 0 Å². The van der Waals surface area contributed by atoms with Gasteiger partial charge in [-0.15, -0.1) is 0 Å². The molecule has 1 unspecified atom stereocenters. The smallest absolute Gasteiger partial charge is 0.243 e. The van der Waals surface area contributed by atoms with Crippen LogP contribution in [0.15, 0.2) is 4.52 Å². The van der Waals surface area contributed by atoms with E-state index in [0.717, 1.165) is 32.0 Å². The Bertz CT molecular complexity index is 527. The summed E-state index contributed by atoms with van der Waals surface area (Å²) in [4.78, 5) is 22.5. The van der Waals surface area contributed by atoms with Crippen molar-refractivity contribution in [1.29, 1.82) is 0 Å². The lowest BCUT2D eigenvalue weighted by atomic mass is 9.96. The molecule has 0 bridgehead atoms. The Balaban J connectivity index is 1.89. The molecule has 1 aromatic rings. The van der Waals surface area contributed by atoms with E-state index in [1.165, 1.54) is 0 Å². The summed E-state index contributed by atoms with van der Waals surface area (Å²) in [5.74, 6) is 1.57. The molecule has 1 saturated heterocycles. The highest BCUT2D eigenvalue weighted by Crippen LogP contribution is 2.24. The molecule has 1 aliphatic heterocycles. The van der Waals surface area contributed by atoms with Crippen LogP contribution < -0.4 is 0 Å². The van der Waals surface area contributed by atoms with Crippen LogP contribution in [0, 0.1) is 0 Å². The van der Waals surface area contributed by atoms with E-state index in [2.05, 4.69) is 47.6 Å². The molecule has 1 aliphatic rings. The maximum absolute atomic E-state index is 11.8. The fourth-order valence-electron chi connectivity index (χ4n) is 2.51. The molecule has 7 nitrogen and oxygen atoms in total. The van der Waals surface area contributed by atoms with Crippen molar-refractivity contribution in [2.24, 2.45) is 0 Å². The van der Waals surface area contributed by atoms with Crippen molar-refractivity contribution in [2.75, 3.05) is 46.8 Å². The zero-order valence-electron chi connectivity index (χ0n) is 15.2. The highest BCUT2D eigenvalue weighted by molar-refractivity contribution is 5.77. The van der Waals surface area contributed by atoms with E-state index < -0.39 is 0 Å². The number of nitrogens with zero attached hydrogens (tertiary/aromatic N) is 5. The van der Waals surface area contributed by atoms with E-state index in [-0.39, 0.29) is 17.4 Å². The van der Waals surface area contributed by atoms with Crippen molar-refractivity contribution in [2.45, 2.75) is 39.2 Å². The third kappa shape index (κ3) is 4.51. The van der Waals surface area contributed by atoms with Crippen LogP contribution in [0.25, 0.3) is 0 Å². The van der Waals surface area contributed by atoms with Crippen LogP contribution in [-0.4, -0.2) is 77.6 Å². The second-order valence-electron chi connectivity index (χ2n) is 7.48. The SMILES string of the molecule is CC(c1nc(C(C)(C)C)no1)N1CCN(CC(=O)N(C)C)CC1. The van der Waals surface area contributed by atoms with E-state index in [9.17, 15) is 4.79 Å². The second kappa shape index (κ2) is 6.97. The number of amides is 1. The third-order valence-corrected chi connectivity index (χ3v) is 4.28. The summed E-state index contributed by atoms with van der Waals surface area (Å²) in [5.41, 5.74) is -0.104. The first-order valence-electron chi connectivity index (χ1n) is 8.19. The van der Waals surface area contributed by atoms with Crippen molar-refractivity contribution in [3.05, 3.63) is 11.7 Å². The van der Waals surface area contributed by atoms with Gasteiger partial charge in [-0.25, -0.2) is 0 Å². The number of aromatic nitrogens is 2. The van der Waals surface area contributed by atoms with Crippen molar-refractivity contribution in [3.63, 3.8) is 0 Å². The van der Waals surface area contributed by atoms with E-state index in [1.807, 2.05) is 0 Å². The standard InChI is InChI=1S/C16H29N5O2/c1-12(14-17-15(18-23-14)16(2,3)4)21-9-7-20(8-10-21)11-13(22)19(5)6/h12H,7-11H2,1-6H3. The second-order valence-corrected chi connectivity index (χ2v) is 7.48. The molecule has 0 saturated carbocycles. The zero-order chi connectivity index (χ0) is 17.2. The van der Waals surface area contributed by atoms with Crippen LogP contribution in [0.4, 0.5) is 0 Å². The molecule has 0 N–H and O–H groups in total. The predicted molar refractivity (Wildman–Crippen MR) is 88.1 cm³/mol. The van der Waals surface area contributed by atoms with Crippen LogP contribution in [0.3, 0.4) is 0 Å². The Labute approximate surface area is 138 Å². The molecule has 1 amide bonds. The predicted octanol–water partition coefficient (Wildman–Crippen LogP) is 1.13. The van der Waals surface area contributed by atoms with Gasteiger partial charge in [0.05, 0.1) is 12.6 Å². The molecular formula is C16H29N5O2. The number of likely N-dealkylation sites (N-methyl/N-ethyl adjacent to an activating group) is 1. The molecule has 7 heteroatoms. The van der Waals surface area contributed by atoms with Gasteiger partial charge in [-0.05, 0) is 6.92 Å². The van der Waals surface area contributed by atoms with Crippen LogP contribution in [0.2, 0.25) is 0 Å². The van der Waals surface area contributed by atoms with Gasteiger partial charge in [0.15, 0.2) is 5.82 Å². The summed E-state index contributed by atoms with van der Waals surface area (Å²) in [7, 11) is 3.59. The molecule has 2 heterocycles. The summed E-state index contributed by atoms with van der Waals surface area (Å²) in [6, 6.07) is 0.102. The number of rotatable bonds is 4. The Kier molecular flexibility index (Phi) is 5.41. The van der Waals surface area contributed by atoms with Gasteiger partial charge in [-0.1, -0.05) is 25.9 Å². The van der Waals surface area contributed by atoms with Crippen molar-refractivity contribution in [1.82, 2.24) is 24.8 Å². The third-order valence-electron chi connectivity index (χ3n) is 4.28. The molecule has 1 aromatic heterocycles. The van der Waals surface area contributed by atoms with Crippen LogP contribution in [0.1, 0.15) is 45.5 Å². The van der Waals surface area contributed by atoms with E-state index in [0.29, 0.717) is 12.4 Å². The summed E-state index contributed by atoms with van der Waals surface area (Å²) in [6.45, 7) is 12.4. The fourth-order valence-corrected chi connectivity index (χ4v) is 2.51. The van der Waals surface area contributed by atoms with Crippen molar-refractivity contribution in [3.8, 4) is 0 Å². The lowest BCUT2D eigenvalue weighted by molar-refractivity contribution is -0.130. The monoisotopic (exact) mass is 323 g/mol. The van der Waals surface area contributed by atoms with Gasteiger partial charge in [0.2, 0.25) is 11.8 Å². The highest BCUT2D eigenvalue weighted by atomic mass is 16.5. The van der Waals surface area contributed by atoms with Gasteiger partial charge in [0.25, 0.3) is 0 Å². The van der Waals surface area contributed by atoms with E-state index in [1.54, 1.807) is 19.0 Å². The van der Waals surface area contributed by atoms with Gasteiger partial charge in [0, 0.05) is 45.7 Å². The molecular weight excluding hydrogens is 294 g/mol. The summed E-state index contributed by atoms with van der Waals surface area (Å²) in [5, 5.41) is 4.10. The molecule has 2 rings (SSSR count). The normalized spacial score (nSPS) is 18.9. The Morgan fingerprint density at radius 2 is 1.87 bits per heavy atom. The molecule has 0 spiro atoms. The molecule has 23 heavy (non-hydrogen) atoms. The van der Waals surface area contributed by atoms with Gasteiger partial charge in [-0.2, -0.15) is 4.98 Å². The van der Waals surface area contributed by atoms with Crippen LogP contribution in [-0.2, 0) is 10.2 Å². The molecule has 0 radical (unpaired) electrons. The van der Waals surface area contributed by atoms with Crippen LogP contribution in [0.5, 0.6) is 0 Å². The highest BCUT2D eigenvalue weighted by Gasteiger charge is 2.28. The molecule has 0 aliphatic carbocycles. The molecule has 1 fully saturated rings. The first-order valence-corrected chi connectivity index (χ1v) is 8.19.